The van der Waals surface area contributed by atoms with Crippen molar-refractivity contribution in [3.8, 4) is 0 Å². The van der Waals surface area contributed by atoms with Gasteiger partial charge in [-0.1, -0.05) is 0 Å². The van der Waals surface area contributed by atoms with Gasteiger partial charge in [-0.15, -0.1) is 23.7 Å². The second-order valence-electron chi connectivity index (χ2n) is 4.08. The first-order chi connectivity index (χ1) is 7.33. The van der Waals surface area contributed by atoms with Crippen LogP contribution in [0.2, 0.25) is 0 Å². The molecule has 2 heterocycles. The first-order valence-corrected chi connectivity index (χ1v) is 6.15. The Labute approximate surface area is 104 Å². The Morgan fingerprint density at radius 1 is 1.50 bits per heavy atom. The molecule has 1 amide bonds. The van der Waals surface area contributed by atoms with Gasteiger partial charge >= 0.3 is 0 Å². The fourth-order valence-electron chi connectivity index (χ4n) is 1.73. The molecule has 1 aliphatic carbocycles. The highest BCUT2D eigenvalue weighted by atomic mass is 35.5. The summed E-state index contributed by atoms with van der Waals surface area (Å²) in [6, 6.07) is 0. The maximum atomic E-state index is 11.5. The number of thiazole rings is 1. The van der Waals surface area contributed by atoms with Gasteiger partial charge in [0.15, 0.2) is 5.13 Å². The predicted molar refractivity (Wildman–Crippen MR) is 66.1 cm³/mol. The molecule has 2 N–H and O–H groups in total. The summed E-state index contributed by atoms with van der Waals surface area (Å²) in [6.07, 6.45) is 3.06. The molecule has 0 saturated heterocycles. The van der Waals surface area contributed by atoms with E-state index in [0.29, 0.717) is 0 Å². The fraction of sp³-hybridized carbons (Fsp3) is 0.600. The minimum Gasteiger partial charge on any atom is -0.311 e. The van der Waals surface area contributed by atoms with Crippen molar-refractivity contribution >= 4 is 34.8 Å². The molecule has 1 aliphatic heterocycles. The van der Waals surface area contributed by atoms with Crippen LogP contribution in [0.25, 0.3) is 0 Å². The van der Waals surface area contributed by atoms with Crippen molar-refractivity contribution in [2.24, 2.45) is 5.92 Å². The van der Waals surface area contributed by atoms with Gasteiger partial charge in [-0.25, -0.2) is 4.98 Å². The second-order valence-corrected chi connectivity index (χ2v) is 5.16. The SMILES string of the molecule is Cl.O=C(Nc1nc2c(s1)CNCC2)C1CC1. The number of fused-ring (bicyclic) bond motifs is 1. The number of halogens is 1. The van der Waals surface area contributed by atoms with Crippen molar-refractivity contribution in [2.45, 2.75) is 25.8 Å². The third kappa shape index (κ3) is 2.36. The summed E-state index contributed by atoms with van der Waals surface area (Å²) in [5.74, 6) is 0.401. The molecule has 0 radical (unpaired) electrons. The number of amides is 1. The third-order valence-electron chi connectivity index (χ3n) is 2.78. The van der Waals surface area contributed by atoms with Crippen molar-refractivity contribution in [2.75, 3.05) is 11.9 Å². The van der Waals surface area contributed by atoms with Gasteiger partial charge < -0.3 is 10.6 Å². The Bertz CT molecular complexity index is 379. The lowest BCUT2D eigenvalue weighted by Crippen LogP contribution is -2.22. The van der Waals surface area contributed by atoms with E-state index in [1.54, 1.807) is 11.3 Å². The zero-order valence-corrected chi connectivity index (χ0v) is 10.4. The largest absolute Gasteiger partial charge is 0.311 e. The molecular weight excluding hydrogens is 246 g/mol. The zero-order valence-electron chi connectivity index (χ0n) is 8.78. The summed E-state index contributed by atoms with van der Waals surface area (Å²) in [4.78, 5) is 17.2. The molecule has 1 saturated carbocycles. The molecule has 88 valence electrons. The highest BCUT2D eigenvalue weighted by molar-refractivity contribution is 7.15. The first-order valence-electron chi connectivity index (χ1n) is 5.33. The number of nitrogens with one attached hydrogen (secondary N) is 2. The van der Waals surface area contributed by atoms with Crippen LogP contribution in [-0.4, -0.2) is 17.4 Å². The summed E-state index contributed by atoms with van der Waals surface area (Å²) in [6.45, 7) is 1.89. The molecule has 0 unspecified atom stereocenters. The minimum absolute atomic E-state index is 0. The number of hydrogen-bond acceptors (Lipinski definition) is 4. The van der Waals surface area contributed by atoms with E-state index in [1.807, 2.05) is 0 Å². The monoisotopic (exact) mass is 259 g/mol. The molecule has 0 bridgehead atoms. The van der Waals surface area contributed by atoms with E-state index in [2.05, 4.69) is 15.6 Å². The number of aromatic nitrogens is 1. The van der Waals surface area contributed by atoms with Crippen LogP contribution in [-0.2, 0) is 17.8 Å². The maximum Gasteiger partial charge on any atom is 0.229 e. The molecule has 2 aliphatic rings. The van der Waals surface area contributed by atoms with E-state index in [0.717, 1.165) is 43.2 Å². The van der Waals surface area contributed by atoms with Crippen molar-refractivity contribution in [1.82, 2.24) is 10.3 Å². The van der Waals surface area contributed by atoms with E-state index < -0.39 is 0 Å². The molecule has 1 aromatic heterocycles. The van der Waals surface area contributed by atoms with E-state index in [9.17, 15) is 4.79 Å². The predicted octanol–water partition coefficient (Wildman–Crippen LogP) is 1.56. The molecular formula is C10H14ClN3OS. The van der Waals surface area contributed by atoms with Crippen molar-refractivity contribution < 1.29 is 4.79 Å². The van der Waals surface area contributed by atoms with Gasteiger partial charge in [0.05, 0.1) is 5.69 Å². The lowest BCUT2D eigenvalue weighted by Gasteiger charge is -2.09. The minimum atomic E-state index is 0. The van der Waals surface area contributed by atoms with Crippen LogP contribution in [0.1, 0.15) is 23.4 Å². The van der Waals surface area contributed by atoms with Crippen LogP contribution in [0.3, 0.4) is 0 Å². The summed E-state index contributed by atoms with van der Waals surface area (Å²) in [7, 11) is 0. The Morgan fingerprint density at radius 3 is 3.00 bits per heavy atom. The molecule has 1 aromatic rings. The van der Waals surface area contributed by atoms with E-state index in [4.69, 9.17) is 0 Å². The van der Waals surface area contributed by atoms with E-state index >= 15 is 0 Å². The van der Waals surface area contributed by atoms with E-state index in [-0.39, 0.29) is 24.2 Å². The molecule has 0 aromatic carbocycles. The normalized spacial score (nSPS) is 18.5. The third-order valence-corrected chi connectivity index (χ3v) is 3.79. The summed E-state index contributed by atoms with van der Waals surface area (Å²) in [5, 5.41) is 6.98. The van der Waals surface area contributed by atoms with Gasteiger partial charge in [0.2, 0.25) is 5.91 Å². The van der Waals surface area contributed by atoms with Gasteiger partial charge in [0.1, 0.15) is 0 Å². The van der Waals surface area contributed by atoms with Crippen LogP contribution in [0, 0.1) is 5.92 Å². The molecule has 0 atom stereocenters. The van der Waals surface area contributed by atoms with Crippen LogP contribution in [0.4, 0.5) is 5.13 Å². The first kappa shape index (κ1) is 11.8. The highest BCUT2D eigenvalue weighted by Crippen LogP contribution is 2.32. The molecule has 3 rings (SSSR count). The summed E-state index contributed by atoms with van der Waals surface area (Å²) < 4.78 is 0. The maximum absolute atomic E-state index is 11.5. The second kappa shape index (κ2) is 4.69. The average Bonchev–Trinajstić information content (AvgIpc) is 2.99. The Kier molecular flexibility index (Phi) is 3.47. The Hall–Kier alpha value is -0.650. The Balaban J connectivity index is 0.000000963. The zero-order chi connectivity index (χ0) is 10.3. The smallest absolute Gasteiger partial charge is 0.229 e. The summed E-state index contributed by atoms with van der Waals surface area (Å²) in [5.41, 5.74) is 1.16. The van der Waals surface area contributed by atoms with Gasteiger partial charge in [-0.05, 0) is 12.8 Å². The van der Waals surface area contributed by atoms with Gasteiger partial charge in [0.25, 0.3) is 0 Å². The highest BCUT2D eigenvalue weighted by Gasteiger charge is 2.30. The molecule has 1 fully saturated rings. The molecule has 16 heavy (non-hydrogen) atoms. The van der Waals surface area contributed by atoms with Crippen LogP contribution >= 0.6 is 23.7 Å². The molecule has 6 heteroatoms. The van der Waals surface area contributed by atoms with Gasteiger partial charge in [-0.3, -0.25) is 4.79 Å². The number of hydrogen-bond donors (Lipinski definition) is 2. The number of nitrogens with zero attached hydrogens (tertiary/aromatic N) is 1. The van der Waals surface area contributed by atoms with Crippen molar-refractivity contribution in [3.63, 3.8) is 0 Å². The fourth-order valence-corrected chi connectivity index (χ4v) is 2.71. The topological polar surface area (TPSA) is 54.0 Å². The van der Waals surface area contributed by atoms with Crippen molar-refractivity contribution in [3.05, 3.63) is 10.6 Å². The average molecular weight is 260 g/mol. The van der Waals surface area contributed by atoms with Crippen LogP contribution in [0.5, 0.6) is 0 Å². The van der Waals surface area contributed by atoms with E-state index in [1.165, 1.54) is 4.88 Å². The number of carbonyl (C=O) groups is 1. The standard InChI is InChI=1S/C10H13N3OS.ClH/c14-9(6-1-2-6)13-10-12-7-3-4-11-5-8(7)15-10;/h6,11H,1-5H2,(H,12,13,14);1H. The van der Waals surface area contributed by atoms with Crippen molar-refractivity contribution in [1.29, 1.82) is 0 Å². The molecule has 0 spiro atoms. The lowest BCUT2D eigenvalue weighted by atomic mass is 10.2. The molecule has 4 nitrogen and oxygen atoms in total. The number of rotatable bonds is 2. The number of carbonyl (C=O) groups excluding carboxylic acids is 1. The van der Waals surface area contributed by atoms with Gasteiger partial charge in [-0.2, -0.15) is 0 Å². The number of anilines is 1. The van der Waals surface area contributed by atoms with Crippen LogP contribution in [0.15, 0.2) is 0 Å². The Morgan fingerprint density at radius 2 is 2.31 bits per heavy atom. The summed E-state index contributed by atoms with van der Waals surface area (Å²) >= 11 is 1.60. The quantitative estimate of drug-likeness (QED) is 0.848. The van der Waals surface area contributed by atoms with Crippen LogP contribution < -0.4 is 10.6 Å². The lowest BCUT2D eigenvalue weighted by molar-refractivity contribution is -0.117. The van der Waals surface area contributed by atoms with Gasteiger partial charge in [0, 0.05) is 30.3 Å².